The summed E-state index contributed by atoms with van der Waals surface area (Å²) in [6.45, 7) is 3.33. The number of anilines is 1. The molecular formula is C19H16N2O5S. The lowest BCUT2D eigenvalue weighted by molar-refractivity contribution is -0.131. The van der Waals surface area contributed by atoms with E-state index in [-0.39, 0.29) is 5.91 Å². The van der Waals surface area contributed by atoms with E-state index in [2.05, 4.69) is 10.3 Å². The Morgan fingerprint density at radius 1 is 1.11 bits per heavy atom. The molecule has 0 saturated heterocycles. The summed E-state index contributed by atoms with van der Waals surface area (Å²) in [5.41, 5.74) is 1.43. The molecule has 0 bridgehead atoms. The van der Waals surface area contributed by atoms with Crippen molar-refractivity contribution in [2.75, 3.05) is 11.9 Å². The van der Waals surface area contributed by atoms with Crippen molar-refractivity contribution in [2.45, 2.75) is 13.8 Å². The second kappa shape index (κ2) is 7.96. The molecule has 0 radical (unpaired) electrons. The quantitative estimate of drug-likeness (QED) is 0.533. The van der Waals surface area contributed by atoms with Crippen LogP contribution in [0.2, 0.25) is 0 Å². The van der Waals surface area contributed by atoms with Crippen molar-refractivity contribution in [3.8, 4) is 5.75 Å². The van der Waals surface area contributed by atoms with Gasteiger partial charge in [-0.1, -0.05) is 17.4 Å². The fourth-order valence-corrected chi connectivity index (χ4v) is 3.26. The number of thiazole rings is 1. The number of carbonyl (C=O) groups is 3. The van der Waals surface area contributed by atoms with Crippen LogP contribution in [0.25, 0.3) is 10.2 Å². The molecule has 0 spiro atoms. The second-order valence-electron chi connectivity index (χ2n) is 5.50. The highest BCUT2D eigenvalue weighted by molar-refractivity contribution is 7.22. The van der Waals surface area contributed by atoms with Crippen molar-refractivity contribution in [1.82, 2.24) is 4.98 Å². The molecule has 1 N–H and O–H groups in total. The number of nitrogens with one attached hydrogen (secondary N) is 1. The van der Waals surface area contributed by atoms with Gasteiger partial charge in [0.25, 0.3) is 5.91 Å². The fourth-order valence-electron chi connectivity index (χ4n) is 2.36. The molecule has 0 unspecified atom stereocenters. The Bertz CT molecular complexity index is 1030. The van der Waals surface area contributed by atoms with Crippen LogP contribution in [0, 0.1) is 0 Å². The number of hydrogen-bond donors (Lipinski definition) is 1. The van der Waals surface area contributed by atoms with E-state index in [0.717, 1.165) is 4.70 Å². The number of hydrogen-bond acceptors (Lipinski definition) is 7. The third-order valence-electron chi connectivity index (χ3n) is 3.48. The minimum atomic E-state index is -0.462. The summed E-state index contributed by atoms with van der Waals surface area (Å²) in [4.78, 5) is 39.6. The molecule has 0 saturated carbocycles. The first-order valence-corrected chi connectivity index (χ1v) is 8.95. The van der Waals surface area contributed by atoms with E-state index in [1.165, 1.54) is 24.3 Å². The Labute approximate surface area is 158 Å². The minimum absolute atomic E-state index is 0.290. The second-order valence-corrected chi connectivity index (χ2v) is 6.53. The number of rotatable bonds is 5. The summed E-state index contributed by atoms with van der Waals surface area (Å²) in [5.74, 6) is -0.955. The van der Waals surface area contributed by atoms with E-state index < -0.39 is 11.9 Å². The van der Waals surface area contributed by atoms with Crippen molar-refractivity contribution in [3.63, 3.8) is 0 Å². The average Bonchev–Trinajstić information content (AvgIpc) is 3.02. The molecule has 3 rings (SSSR count). The van der Waals surface area contributed by atoms with E-state index in [1.807, 2.05) is 0 Å². The number of aromatic nitrogens is 1. The SMILES string of the molecule is CCOC(=O)c1ccc2nc(NC(=O)c3cccc(OC(C)=O)c3)sc2c1. The summed E-state index contributed by atoms with van der Waals surface area (Å²) in [6.07, 6.45) is 0. The molecule has 0 aliphatic rings. The Morgan fingerprint density at radius 3 is 2.67 bits per heavy atom. The molecule has 0 fully saturated rings. The van der Waals surface area contributed by atoms with Crippen LogP contribution in [-0.4, -0.2) is 29.4 Å². The van der Waals surface area contributed by atoms with Crippen LogP contribution in [-0.2, 0) is 9.53 Å². The highest BCUT2D eigenvalue weighted by Gasteiger charge is 2.13. The van der Waals surface area contributed by atoms with Gasteiger partial charge in [0.15, 0.2) is 5.13 Å². The Morgan fingerprint density at radius 2 is 1.93 bits per heavy atom. The number of nitrogens with zero attached hydrogens (tertiary/aromatic N) is 1. The van der Waals surface area contributed by atoms with Crippen LogP contribution in [0.4, 0.5) is 5.13 Å². The van der Waals surface area contributed by atoms with Gasteiger partial charge in [-0.05, 0) is 43.3 Å². The molecule has 8 heteroatoms. The number of amides is 1. The molecule has 0 aliphatic heterocycles. The number of carbonyl (C=O) groups excluding carboxylic acids is 3. The molecule has 1 aromatic heterocycles. The van der Waals surface area contributed by atoms with E-state index in [9.17, 15) is 14.4 Å². The summed E-state index contributed by atoms with van der Waals surface area (Å²) in [5, 5.41) is 3.11. The monoisotopic (exact) mass is 384 g/mol. The smallest absolute Gasteiger partial charge is 0.338 e. The van der Waals surface area contributed by atoms with Crippen LogP contribution >= 0.6 is 11.3 Å². The summed E-state index contributed by atoms with van der Waals surface area (Å²) in [6, 6.07) is 11.3. The summed E-state index contributed by atoms with van der Waals surface area (Å²) in [7, 11) is 0. The van der Waals surface area contributed by atoms with Gasteiger partial charge in [-0.3, -0.25) is 14.9 Å². The maximum atomic E-state index is 12.4. The van der Waals surface area contributed by atoms with E-state index in [4.69, 9.17) is 9.47 Å². The van der Waals surface area contributed by atoms with Crippen LogP contribution in [0.15, 0.2) is 42.5 Å². The van der Waals surface area contributed by atoms with Gasteiger partial charge >= 0.3 is 11.9 Å². The fraction of sp³-hybridized carbons (Fsp3) is 0.158. The minimum Gasteiger partial charge on any atom is -0.462 e. The Hall–Kier alpha value is -3.26. The lowest BCUT2D eigenvalue weighted by Gasteiger charge is -2.04. The van der Waals surface area contributed by atoms with E-state index in [1.54, 1.807) is 43.3 Å². The topological polar surface area (TPSA) is 94.6 Å². The molecule has 2 aromatic carbocycles. The number of ether oxygens (including phenoxy) is 2. The van der Waals surface area contributed by atoms with Crippen molar-refractivity contribution < 1.29 is 23.9 Å². The van der Waals surface area contributed by atoms with Crippen LogP contribution in [0.3, 0.4) is 0 Å². The normalized spacial score (nSPS) is 10.4. The van der Waals surface area contributed by atoms with E-state index in [0.29, 0.717) is 34.1 Å². The highest BCUT2D eigenvalue weighted by atomic mass is 32.1. The van der Waals surface area contributed by atoms with Crippen molar-refractivity contribution >= 4 is 44.5 Å². The zero-order chi connectivity index (χ0) is 19.4. The number of fused-ring (bicyclic) bond motifs is 1. The third-order valence-corrected chi connectivity index (χ3v) is 4.41. The Kier molecular flexibility index (Phi) is 5.46. The summed E-state index contributed by atoms with van der Waals surface area (Å²) < 4.78 is 10.7. The largest absolute Gasteiger partial charge is 0.462 e. The molecule has 3 aromatic rings. The summed E-state index contributed by atoms with van der Waals surface area (Å²) >= 11 is 1.25. The van der Waals surface area contributed by atoms with Crippen LogP contribution < -0.4 is 10.1 Å². The molecule has 7 nitrogen and oxygen atoms in total. The lowest BCUT2D eigenvalue weighted by Crippen LogP contribution is -2.12. The molecule has 1 amide bonds. The molecule has 138 valence electrons. The van der Waals surface area contributed by atoms with Gasteiger partial charge in [0.05, 0.1) is 22.4 Å². The first-order valence-electron chi connectivity index (χ1n) is 8.14. The molecule has 0 atom stereocenters. The maximum absolute atomic E-state index is 12.4. The van der Waals surface area contributed by atoms with E-state index >= 15 is 0 Å². The average molecular weight is 384 g/mol. The maximum Gasteiger partial charge on any atom is 0.338 e. The first kappa shape index (κ1) is 18.5. The van der Waals surface area contributed by atoms with Gasteiger partial charge in [-0.2, -0.15) is 0 Å². The lowest BCUT2D eigenvalue weighted by atomic mass is 10.2. The van der Waals surface area contributed by atoms with Crippen molar-refractivity contribution in [3.05, 3.63) is 53.6 Å². The predicted molar refractivity (Wildman–Crippen MR) is 101 cm³/mol. The van der Waals surface area contributed by atoms with Crippen molar-refractivity contribution in [1.29, 1.82) is 0 Å². The first-order chi connectivity index (χ1) is 13.0. The third kappa shape index (κ3) is 4.48. The highest BCUT2D eigenvalue weighted by Crippen LogP contribution is 2.27. The molecular weight excluding hydrogens is 368 g/mol. The molecule has 0 aliphatic carbocycles. The van der Waals surface area contributed by atoms with Gasteiger partial charge in [-0.25, -0.2) is 9.78 Å². The standard InChI is InChI=1S/C19H16N2O5S/c1-3-25-18(24)13-7-8-15-16(10-13)27-19(20-15)21-17(23)12-5-4-6-14(9-12)26-11(2)22/h4-10H,3H2,1-2H3,(H,20,21,23). The van der Waals surface area contributed by atoms with Crippen LogP contribution in [0.5, 0.6) is 5.75 Å². The Balaban J connectivity index is 1.79. The van der Waals surface area contributed by atoms with Gasteiger partial charge in [0, 0.05) is 12.5 Å². The van der Waals surface area contributed by atoms with Gasteiger partial charge < -0.3 is 9.47 Å². The molecule has 27 heavy (non-hydrogen) atoms. The zero-order valence-corrected chi connectivity index (χ0v) is 15.5. The number of benzene rings is 2. The van der Waals surface area contributed by atoms with Gasteiger partial charge in [0.1, 0.15) is 5.75 Å². The predicted octanol–water partition coefficient (Wildman–Crippen LogP) is 3.65. The molecule has 1 heterocycles. The van der Waals surface area contributed by atoms with Gasteiger partial charge in [0.2, 0.25) is 0 Å². The number of esters is 2. The van der Waals surface area contributed by atoms with Gasteiger partial charge in [-0.15, -0.1) is 0 Å². The van der Waals surface area contributed by atoms with Crippen molar-refractivity contribution in [2.24, 2.45) is 0 Å². The zero-order valence-electron chi connectivity index (χ0n) is 14.6. The van der Waals surface area contributed by atoms with Crippen LogP contribution in [0.1, 0.15) is 34.6 Å².